The Hall–Kier alpha value is -4.29. The van der Waals surface area contributed by atoms with Crippen LogP contribution >= 0.6 is 0 Å². The summed E-state index contributed by atoms with van der Waals surface area (Å²) in [6.45, 7) is -1.19. The molecule has 13 heteroatoms. The molecule has 0 spiro atoms. The lowest BCUT2D eigenvalue weighted by Crippen LogP contribution is -2.23. The molecule has 1 aromatic carbocycles. The highest BCUT2D eigenvalue weighted by atomic mass is 19.4. The van der Waals surface area contributed by atoms with Crippen LogP contribution in [0.3, 0.4) is 0 Å². The molecule has 5 aromatic rings. The van der Waals surface area contributed by atoms with Gasteiger partial charge in [-0.05, 0) is 30.0 Å². The summed E-state index contributed by atoms with van der Waals surface area (Å²) in [7, 11) is 0. The molecule has 0 unspecified atom stereocenters. The number of nitrogens with zero attached hydrogens (tertiary/aromatic N) is 5. The molecule has 1 saturated carbocycles. The first-order valence-corrected chi connectivity index (χ1v) is 10.6. The van der Waals surface area contributed by atoms with E-state index in [1.807, 2.05) is 6.07 Å². The molecule has 6 rings (SSSR count). The summed E-state index contributed by atoms with van der Waals surface area (Å²) < 4.78 is 55.5. The Balaban J connectivity index is 1.41. The van der Waals surface area contributed by atoms with Crippen molar-refractivity contribution in [3.63, 3.8) is 0 Å². The van der Waals surface area contributed by atoms with Crippen molar-refractivity contribution in [3.8, 4) is 11.3 Å². The summed E-state index contributed by atoms with van der Waals surface area (Å²) in [5.41, 5.74) is 0.562. The first kappa shape index (κ1) is 21.3. The second-order valence-electron chi connectivity index (χ2n) is 8.46. The fourth-order valence-corrected chi connectivity index (χ4v) is 4.47. The first-order valence-electron chi connectivity index (χ1n) is 10.6. The number of nitrogens with one attached hydrogen (secondary N) is 2. The Kier molecular flexibility index (Phi) is 4.47. The van der Waals surface area contributed by atoms with Crippen molar-refractivity contribution in [2.75, 3.05) is 0 Å². The van der Waals surface area contributed by atoms with Crippen LogP contribution in [-0.4, -0.2) is 40.5 Å². The van der Waals surface area contributed by atoms with E-state index >= 15 is 0 Å². The normalized spacial score (nSPS) is 17.9. The quantitative estimate of drug-likeness (QED) is 0.380. The summed E-state index contributed by atoms with van der Waals surface area (Å²) >= 11 is 0. The van der Waals surface area contributed by atoms with Crippen molar-refractivity contribution < 1.29 is 17.6 Å². The van der Waals surface area contributed by atoms with Crippen LogP contribution < -0.4 is 11.2 Å². The molecule has 9 nitrogen and oxygen atoms in total. The van der Waals surface area contributed by atoms with Crippen molar-refractivity contribution in [2.45, 2.75) is 31.0 Å². The molecule has 1 aliphatic rings. The average molecular weight is 485 g/mol. The van der Waals surface area contributed by atoms with Crippen LogP contribution in [0.2, 0.25) is 0 Å². The molecule has 0 aliphatic heterocycles. The number of aromatic nitrogens is 7. The van der Waals surface area contributed by atoms with Crippen LogP contribution in [0.15, 0.2) is 52.4 Å². The molecule has 0 radical (unpaired) electrons. The minimum Gasteiger partial charge on any atom is -0.313 e. The topological polar surface area (TPSA) is 114 Å². The average Bonchev–Trinajstić information content (AvgIpc) is 3.38. The van der Waals surface area contributed by atoms with Crippen LogP contribution in [0, 0.1) is 5.82 Å². The number of hydrogen-bond donors (Lipinski definition) is 2. The second kappa shape index (κ2) is 7.35. The van der Waals surface area contributed by atoms with Gasteiger partial charge >= 0.3 is 11.9 Å². The molecule has 4 aromatic heterocycles. The van der Waals surface area contributed by atoms with Crippen LogP contribution in [0.4, 0.5) is 17.6 Å². The molecule has 2 atom stereocenters. The maximum absolute atomic E-state index is 14.4. The largest absolute Gasteiger partial charge is 0.408 e. The van der Waals surface area contributed by atoms with Gasteiger partial charge in [-0.3, -0.25) is 14.5 Å². The van der Waals surface area contributed by atoms with E-state index in [4.69, 9.17) is 0 Å². The van der Waals surface area contributed by atoms with Gasteiger partial charge in [0, 0.05) is 17.5 Å². The van der Waals surface area contributed by atoms with E-state index in [2.05, 4.69) is 25.1 Å². The van der Waals surface area contributed by atoms with Crippen LogP contribution in [-0.2, 0) is 6.54 Å². The molecular formula is C22H15F4N7O2. The molecule has 1 fully saturated rings. The predicted octanol–water partition coefficient (Wildman–Crippen LogP) is 3.10. The van der Waals surface area contributed by atoms with Crippen molar-refractivity contribution in [1.82, 2.24) is 34.3 Å². The number of H-pyrrole nitrogens is 2. The zero-order valence-electron chi connectivity index (χ0n) is 17.7. The van der Waals surface area contributed by atoms with Gasteiger partial charge in [-0.2, -0.15) is 23.4 Å². The molecule has 1 aliphatic carbocycles. The standard InChI is InChI=1S/C22H15F4N7O2/c23-15-8-29-33-18(5-16(30-19(15)33)14-7-27-21(35)31-20(14)34)13-4-12(13)10-1-2-11-6-28-32(17(11)3-10)9-22(24,25)26/h1-3,5-8,12-13H,4,9H2,(H2,27,31,34,35)/t12-,13+/m1/s1. The lowest BCUT2D eigenvalue weighted by molar-refractivity contribution is -0.141. The number of alkyl halides is 3. The smallest absolute Gasteiger partial charge is 0.313 e. The SMILES string of the molecule is O=c1[nH]cc(-c2cc([C@H]3C[C@@H]3c3ccc4cnn(CC(F)(F)F)c4c3)n3ncc(F)c3n2)c(=O)[nH]1. The van der Waals surface area contributed by atoms with Crippen LogP contribution in [0.5, 0.6) is 0 Å². The van der Waals surface area contributed by atoms with Gasteiger partial charge in [-0.15, -0.1) is 0 Å². The van der Waals surface area contributed by atoms with Gasteiger partial charge in [-0.25, -0.2) is 18.7 Å². The number of fused-ring (bicyclic) bond motifs is 2. The van der Waals surface area contributed by atoms with E-state index in [1.165, 1.54) is 16.9 Å². The van der Waals surface area contributed by atoms with Gasteiger partial charge in [-0.1, -0.05) is 12.1 Å². The summed E-state index contributed by atoms with van der Waals surface area (Å²) in [5.74, 6) is -0.881. The van der Waals surface area contributed by atoms with E-state index < -0.39 is 29.8 Å². The molecular weight excluding hydrogens is 470 g/mol. The summed E-state index contributed by atoms with van der Waals surface area (Å²) in [6.07, 6.45) is -0.146. The Morgan fingerprint density at radius 3 is 2.69 bits per heavy atom. The highest BCUT2D eigenvalue weighted by molar-refractivity contribution is 5.79. The summed E-state index contributed by atoms with van der Waals surface area (Å²) in [5, 5.41) is 8.52. The lowest BCUT2D eigenvalue weighted by atomic mass is 10.1. The lowest BCUT2D eigenvalue weighted by Gasteiger charge is -2.09. The minimum atomic E-state index is -4.40. The molecule has 0 amide bonds. The van der Waals surface area contributed by atoms with Gasteiger partial charge in [0.05, 0.1) is 34.9 Å². The van der Waals surface area contributed by atoms with Gasteiger partial charge in [0.25, 0.3) is 5.56 Å². The van der Waals surface area contributed by atoms with E-state index in [0.29, 0.717) is 23.0 Å². The summed E-state index contributed by atoms with van der Waals surface area (Å²) in [4.78, 5) is 32.4. The molecule has 178 valence electrons. The van der Waals surface area contributed by atoms with Gasteiger partial charge < -0.3 is 4.98 Å². The maximum atomic E-state index is 14.4. The zero-order chi connectivity index (χ0) is 24.5. The number of benzene rings is 1. The van der Waals surface area contributed by atoms with Crippen molar-refractivity contribution in [1.29, 1.82) is 0 Å². The van der Waals surface area contributed by atoms with E-state index in [1.54, 1.807) is 18.2 Å². The van der Waals surface area contributed by atoms with Crippen molar-refractivity contribution in [3.05, 3.63) is 80.8 Å². The fourth-order valence-electron chi connectivity index (χ4n) is 4.47. The molecule has 2 N–H and O–H groups in total. The molecule has 35 heavy (non-hydrogen) atoms. The number of rotatable bonds is 4. The maximum Gasteiger partial charge on any atom is 0.408 e. The number of aromatic amines is 2. The monoisotopic (exact) mass is 485 g/mol. The van der Waals surface area contributed by atoms with Crippen molar-refractivity contribution in [2.24, 2.45) is 0 Å². The number of hydrogen-bond acceptors (Lipinski definition) is 5. The fraction of sp³-hybridized carbons (Fsp3) is 0.227. The van der Waals surface area contributed by atoms with Gasteiger partial charge in [0.15, 0.2) is 11.5 Å². The third-order valence-electron chi connectivity index (χ3n) is 6.15. The zero-order valence-corrected chi connectivity index (χ0v) is 17.7. The van der Waals surface area contributed by atoms with Crippen LogP contribution in [0.25, 0.3) is 27.8 Å². The van der Waals surface area contributed by atoms with Crippen LogP contribution in [0.1, 0.15) is 29.5 Å². The Morgan fingerprint density at radius 1 is 1.09 bits per heavy atom. The Morgan fingerprint density at radius 2 is 1.91 bits per heavy atom. The highest BCUT2D eigenvalue weighted by Gasteiger charge is 2.42. The molecule has 4 heterocycles. The minimum absolute atomic E-state index is 0.0589. The molecule has 0 bridgehead atoms. The Labute approximate surface area is 192 Å². The second-order valence-corrected chi connectivity index (χ2v) is 8.46. The van der Waals surface area contributed by atoms with Gasteiger partial charge in [0.2, 0.25) is 0 Å². The predicted molar refractivity (Wildman–Crippen MR) is 116 cm³/mol. The molecule has 0 saturated heterocycles. The van der Waals surface area contributed by atoms with E-state index in [0.717, 1.165) is 16.4 Å². The van der Waals surface area contributed by atoms with Crippen molar-refractivity contribution >= 4 is 16.6 Å². The Bertz CT molecular complexity index is 1730. The first-order chi connectivity index (χ1) is 16.7. The summed E-state index contributed by atoms with van der Waals surface area (Å²) in [6, 6.07) is 6.86. The third-order valence-corrected chi connectivity index (χ3v) is 6.15. The number of halogens is 4. The third kappa shape index (κ3) is 3.68. The van der Waals surface area contributed by atoms with E-state index in [9.17, 15) is 27.2 Å². The van der Waals surface area contributed by atoms with E-state index in [-0.39, 0.29) is 28.7 Å². The van der Waals surface area contributed by atoms with Gasteiger partial charge in [0.1, 0.15) is 6.54 Å². The highest BCUT2D eigenvalue weighted by Crippen LogP contribution is 2.55.